The Morgan fingerprint density at radius 1 is 1.47 bits per heavy atom. The fraction of sp³-hybridized carbons (Fsp3) is 0.636. The molecule has 4 nitrogen and oxygen atoms in total. The molecule has 1 aromatic rings. The van der Waals surface area contributed by atoms with E-state index in [4.69, 9.17) is 5.73 Å². The van der Waals surface area contributed by atoms with Gasteiger partial charge in [-0.3, -0.25) is 0 Å². The first kappa shape index (κ1) is 10.4. The zero-order valence-corrected chi connectivity index (χ0v) is 9.49. The molecular weight excluding hydrogens is 188 g/mol. The van der Waals surface area contributed by atoms with E-state index in [-0.39, 0.29) is 6.04 Å². The lowest BCUT2D eigenvalue weighted by atomic mass is 10.1. The molecule has 1 aromatic heterocycles. The van der Waals surface area contributed by atoms with Gasteiger partial charge in [-0.2, -0.15) is 0 Å². The van der Waals surface area contributed by atoms with Crippen LogP contribution in [0.1, 0.15) is 37.6 Å². The topological polar surface area (TPSA) is 63.8 Å². The zero-order chi connectivity index (χ0) is 11.0. The van der Waals surface area contributed by atoms with E-state index in [1.165, 1.54) is 0 Å². The minimum atomic E-state index is 0.275. The molecule has 3 N–H and O–H groups in total. The van der Waals surface area contributed by atoms with Crippen LogP contribution in [0, 0.1) is 6.92 Å². The highest BCUT2D eigenvalue weighted by atomic mass is 15.2. The van der Waals surface area contributed by atoms with Gasteiger partial charge < -0.3 is 11.1 Å². The van der Waals surface area contributed by atoms with Crippen molar-refractivity contribution in [3.63, 3.8) is 0 Å². The highest BCUT2D eigenvalue weighted by molar-refractivity contribution is 5.33. The Hall–Kier alpha value is -1.16. The van der Waals surface area contributed by atoms with Crippen molar-refractivity contribution < 1.29 is 0 Å². The second kappa shape index (κ2) is 3.77. The fourth-order valence-corrected chi connectivity index (χ4v) is 1.50. The second-order valence-electron chi connectivity index (χ2n) is 4.56. The van der Waals surface area contributed by atoms with E-state index >= 15 is 0 Å². The predicted octanol–water partition coefficient (Wildman–Crippen LogP) is 1.42. The Bertz CT molecular complexity index is 362. The van der Waals surface area contributed by atoms with Crippen molar-refractivity contribution in [3.8, 4) is 0 Å². The van der Waals surface area contributed by atoms with Gasteiger partial charge in [0.05, 0.1) is 0 Å². The molecule has 0 spiro atoms. The summed E-state index contributed by atoms with van der Waals surface area (Å²) in [6.45, 7) is 6.26. The summed E-state index contributed by atoms with van der Waals surface area (Å²) < 4.78 is 0. The molecule has 15 heavy (non-hydrogen) atoms. The predicted molar refractivity (Wildman–Crippen MR) is 60.9 cm³/mol. The standard InChI is InChI=1S/C11H18N4/c1-6(2)9-4-7(3)13-11(14-9)15-10-5-8(10)12/h4,6,8,10H,5,12H2,1-3H3,(H,13,14,15). The molecule has 0 aliphatic heterocycles. The Balaban J connectivity index is 2.16. The van der Waals surface area contributed by atoms with Crippen LogP contribution in [-0.2, 0) is 0 Å². The minimum absolute atomic E-state index is 0.275. The van der Waals surface area contributed by atoms with Gasteiger partial charge in [-0.1, -0.05) is 13.8 Å². The number of nitrogens with one attached hydrogen (secondary N) is 1. The summed E-state index contributed by atoms with van der Waals surface area (Å²) in [7, 11) is 0. The lowest BCUT2D eigenvalue weighted by molar-refractivity contribution is 0.807. The van der Waals surface area contributed by atoms with Crippen LogP contribution >= 0.6 is 0 Å². The smallest absolute Gasteiger partial charge is 0.223 e. The van der Waals surface area contributed by atoms with E-state index in [0.29, 0.717) is 12.0 Å². The van der Waals surface area contributed by atoms with Crippen LogP contribution in [0.4, 0.5) is 5.95 Å². The number of hydrogen-bond donors (Lipinski definition) is 2. The van der Waals surface area contributed by atoms with Crippen LogP contribution in [0.3, 0.4) is 0 Å². The summed E-state index contributed by atoms with van der Waals surface area (Å²) in [6.07, 6.45) is 1.02. The SMILES string of the molecule is Cc1cc(C(C)C)nc(NC2CC2N)n1. The number of anilines is 1. The third-order valence-electron chi connectivity index (χ3n) is 2.62. The van der Waals surface area contributed by atoms with Crippen molar-refractivity contribution in [2.75, 3.05) is 5.32 Å². The highest BCUT2D eigenvalue weighted by Gasteiger charge is 2.33. The summed E-state index contributed by atoms with van der Waals surface area (Å²) in [5.74, 6) is 1.15. The van der Waals surface area contributed by atoms with Gasteiger partial charge in [-0.15, -0.1) is 0 Å². The van der Waals surface area contributed by atoms with E-state index in [1.54, 1.807) is 0 Å². The summed E-state index contributed by atoms with van der Waals surface area (Å²) in [5.41, 5.74) is 7.82. The van der Waals surface area contributed by atoms with Gasteiger partial charge in [0.15, 0.2) is 0 Å². The first-order chi connectivity index (χ1) is 7.06. The zero-order valence-electron chi connectivity index (χ0n) is 9.49. The van der Waals surface area contributed by atoms with Gasteiger partial charge in [-0.25, -0.2) is 9.97 Å². The minimum Gasteiger partial charge on any atom is -0.350 e. The summed E-state index contributed by atoms with van der Waals surface area (Å²) in [5, 5.41) is 3.25. The maximum absolute atomic E-state index is 5.73. The van der Waals surface area contributed by atoms with Crippen LogP contribution in [0.2, 0.25) is 0 Å². The quantitative estimate of drug-likeness (QED) is 0.785. The molecule has 1 heterocycles. The molecule has 2 unspecified atom stereocenters. The van der Waals surface area contributed by atoms with E-state index in [1.807, 2.05) is 13.0 Å². The monoisotopic (exact) mass is 206 g/mol. The first-order valence-corrected chi connectivity index (χ1v) is 5.44. The van der Waals surface area contributed by atoms with Crippen LogP contribution < -0.4 is 11.1 Å². The van der Waals surface area contributed by atoms with Crippen molar-refractivity contribution in [1.29, 1.82) is 0 Å². The molecule has 4 heteroatoms. The number of aromatic nitrogens is 2. The molecule has 2 rings (SSSR count). The maximum atomic E-state index is 5.73. The van der Waals surface area contributed by atoms with Crippen molar-refractivity contribution in [1.82, 2.24) is 9.97 Å². The van der Waals surface area contributed by atoms with Crippen molar-refractivity contribution in [3.05, 3.63) is 17.5 Å². The van der Waals surface area contributed by atoms with E-state index in [2.05, 4.69) is 29.1 Å². The molecule has 1 aliphatic carbocycles. The number of nitrogens with zero attached hydrogens (tertiary/aromatic N) is 2. The van der Waals surface area contributed by atoms with Gasteiger partial charge in [0.2, 0.25) is 5.95 Å². The normalized spacial score (nSPS) is 24.3. The lowest BCUT2D eigenvalue weighted by Gasteiger charge is -2.09. The summed E-state index contributed by atoms with van der Waals surface area (Å²) in [4.78, 5) is 8.82. The Morgan fingerprint density at radius 2 is 2.13 bits per heavy atom. The molecule has 2 atom stereocenters. The Labute approximate surface area is 90.3 Å². The Kier molecular flexibility index (Phi) is 2.61. The van der Waals surface area contributed by atoms with Gasteiger partial charge in [0.1, 0.15) is 0 Å². The number of aryl methyl sites for hydroxylation is 1. The molecule has 1 aliphatic rings. The third kappa shape index (κ3) is 2.45. The van der Waals surface area contributed by atoms with Gasteiger partial charge in [-0.05, 0) is 25.3 Å². The van der Waals surface area contributed by atoms with Gasteiger partial charge >= 0.3 is 0 Å². The summed E-state index contributed by atoms with van der Waals surface area (Å²) in [6, 6.07) is 2.67. The summed E-state index contributed by atoms with van der Waals surface area (Å²) >= 11 is 0. The number of rotatable bonds is 3. The second-order valence-corrected chi connectivity index (χ2v) is 4.56. The van der Waals surface area contributed by atoms with E-state index in [9.17, 15) is 0 Å². The average molecular weight is 206 g/mol. The lowest BCUT2D eigenvalue weighted by Crippen LogP contribution is -2.15. The molecule has 0 saturated heterocycles. The highest BCUT2D eigenvalue weighted by Crippen LogP contribution is 2.23. The fourth-order valence-electron chi connectivity index (χ4n) is 1.50. The molecule has 0 bridgehead atoms. The van der Waals surface area contributed by atoms with E-state index < -0.39 is 0 Å². The molecule has 0 aromatic carbocycles. The number of nitrogens with two attached hydrogens (primary N) is 1. The van der Waals surface area contributed by atoms with Crippen molar-refractivity contribution in [2.24, 2.45) is 5.73 Å². The number of hydrogen-bond acceptors (Lipinski definition) is 4. The first-order valence-electron chi connectivity index (χ1n) is 5.44. The molecule has 82 valence electrons. The van der Waals surface area contributed by atoms with Crippen molar-refractivity contribution >= 4 is 5.95 Å². The molecule has 1 saturated carbocycles. The van der Waals surface area contributed by atoms with Gasteiger partial charge in [0.25, 0.3) is 0 Å². The molecule has 1 fully saturated rings. The largest absolute Gasteiger partial charge is 0.350 e. The molecular formula is C11H18N4. The van der Waals surface area contributed by atoms with E-state index in [0.717, 1.165) is 23.8 Å². The van der Waals surface area contributed by atoms with Crippen LogP contribution in [0.5, 0.6) is 0 Å². The van der Waals surface area contributed by atoms with Crippen LogP contribution in [-0.4, -0.2) is 22.1 Å². The Morgan fingerprint density at radius 3 is 2.67 bits per heavy atom. The van der Waals surface area contributed by atoms with Crippen LogP contribution in [0.25, 0.3) is 0 Å². The average Bonchev–Trinajstić information content (AvgIpc) is 2.80. The van der Waals surface area contributed by atoms with Gasteiger partial charge in [0, 0.05) is 23.5 Å². The molecule has 0 radical (unpaired) electrons. The maximum Gasteiger partial charge on any atom is 0.223 e. The third-order valence-corrected chi connectivity index (χ3v) is 2.62. The van der Waals surface area contributed by atoms with Crippen LogP contribution in [0.15, 0.2) is 6.07 Å². The van der Waals surface area contributed by atoms with Crippen molar-refractivity contribution in [2.45, 2.75) is 45.2 Å². The molecule has 0 amide bonds.